The van der Waals surface area contributed by atoms with Crippen LogP contribution in [0.1, 0.15) is 22.3 Å². The number of ether oxygens (including phenoxy) is 5. The standard InChI is InChI=1S/C19H15ClO4.C18H14O3/c1-22-15-6-7-17(23-2)16(11-15)18-10-13(19(21)24-18)8-12-4-3-5-14(20)9-12;1-20-16-10-6-5-9-15(16)17-12-14(18(19)21-17)11-13-7-3-2-4-8-13/h3-11H,1-2H3;2-12H,1H3/b13-8-;14-11-. The summed E-state index contributed by atoms with van der Waals surface area (Å²) in [5, 5.41) is 0.606. The Labute approximate surface area is 266 Å². The van der Waals surface area contributed by atoms with E-state index in [1.54, 1.807) is 69.9 Å². The molecular formula is C37H29ClO7. The SMILES string of the molecule is COc1ccc(OC)c(C2=C/C(=C/c3cccc(Cl)c3)C(=O)O2)c1.COc1ccccc1C1=C/C(=C/c2ccccc2)C(=O)O1. The third-order valence-electron chi connectivity index (χ3n) is 6.79. The number of esters is 2. The van der Waals surface area contributed by atoms with Gasteiger partial charge in [0.05, 0.1) is 43.6 Å². The first-order chi connectivity index (χ1) is 21.9. The Morgan fingerprint density at radius 1 is 0.578 bits per heavy atom. The van der Waals surface area contributed by atoms with E-state index >= 15 is 0 Å². The molecule has 0 aromatic heterocycles. The lowest BCUT2D eigenvalue weighted by Gasteiger charge is -2.10. The molecule has 0 aliphatic carbocycles. The zero-order valence-corrected chi connectivity index (χ0v) is 25.5. The van der Waals surface area contributed by atoms with E-state index in [1.807, 2.05) is 72.8 Å². The molecule has 0 radical (unpaired) electrons. The maximum absolute atomic E-state index is 12.2. The van der Waals surface area contributed by atoms with Gasteiger partial charge in [0.2, 0.25) is 0 Å². The van der Waals surface area contributed by atoms with E-state index in [2.05, 4.69) is 0 Å². The van der Waals surface area contributed by atoms with Crippen molar-refractivity contribution in [1.82, 2.24) is 0 Å². The van der Waals surface area contributed by atoms with E-state index in [0.29, 0.717) is 50.5 Å². The highest BCUT2D eigenvalue weighted by Crippen LogP contribution is 2.36. The molecule has 0 saturated carbocycles. The van der Waals surface area contributed by atoms with Crippen molar-refractivity contribution in [2.45, 2.75) is 0 Å². The van der Waals surface area contributed by atoms with Gasteiger partial charge in [-0.15, -0.1) is 0 Å². The zero-order valence-electron chi connectivity index (χ0n) is 24.8. The highest BCUT2D eigenvalue weighted by atomic mass is 35.5. The van der Waals surface area contributed by atoms with Crippen LogP contribution in [0.25, 0.3) is 23.7 Å². The van der Waals surface area contributed by atoms with Crippen molar-refractivity contribution in [1.29, 1.82) is 0 Å². The van der Waals surface area contributed by atoms with Gasteiger partial charge in [-0.05, 0) is 77.9 Å². The second-order valence-corrected chi connectivity index (χ2v) is 10.2. The van der Waals surface area contributed by atoms with Crippen LogP contribution in [0, 0.1) is 0 Å². The molecule has 0 atom stereocenters. The third kappa shape index (κ3) is 7.52. The number of benzene rings is 4. The molecule has 0 fully saturated rings. The molecule has 4 aromatic carbocycles. The highest BCUT2D eigenvalue weighted by molar-refractivity contribution is 6.30. The van der Waals surface area contributed by atoms with Gasteiger partial charge in [-0.2, -0.15) is 0 Å². The van der Waals surface area contributed by atoms with Crippen LogP contribution in [0.3, 0.4) is 0 Å². The monoisotopic (exact) mass is 620 g/mol. The molecule has 8 heteroatoms. The number of methoxy groups -OCH3 is 3. The van der Waals surface area contributed by atoms with Crippen LogP contribution in [0.5, 0.6) is 17.2 Å². The summed E-state index contributed by atoms with van der Waals surface area (Å²) in [7, 11) is 4.73. The van der Waals surface area contributed by atoms with E-state index in [0.717, 1.165) is 16.7 Å². The molecule has 6 rings (SSSR count). The molecule has 226 valence electrons. The molecule has 2 heterocycles. The number of carbonyl (C=O) groups excluding carboxylic acids is 2. The number of para-hydroxylation sites is 1. The van der Waals surface area contributed by atoms with Crippen LogP contribution in [0.15, 0.2) is 120 Å². The van der Waals surface area contributed by atoms with Gasteiger partial charge in [0.25, 0.3) is 0 Å². The smallest absolute Gasteiger partial charge is 0.343 e. The van der Waals surface area contributed by atoms with E-state index in [-0.39, 0.29) is 5.97 Å². The minimum Gasteiger partial charge on any atom is -0.497 e. The van der Waals surface area contributed by atoms with Crippen molar-refractivity contribution in [2.24, 2.45) is 0 Å². The second-order valence-electron chi connectivity index (χ2n) is 9.73. The fourth-order valence-corrected chi connectivity index (χ4v) is 4.80. The summed E-state index contributed by atoms with van der Waals surface area (Å²) in [5.41, 5.74) is 4.18. The van der Waals surface area contributed by atoms with Crippen LogP contribution in [0.2, 0.25) is 5.02 Å². The lowest BCUT2D eigenvalue weighted by atomic mass is 10.1. The van der Waals surface area contributed by atoms with Gasteiger partial charge in [-0.1, -0.05) is 66.2 Å². The molecule has 0 amide bonds. The quantitative estimate of drug-likeness (QED) is 0.153. The first kappa shape index (κ1) is 30.9. The summed E-state index contributed by atoms with van der Waals surface area (Å²) in [6.45, 7) is 0. The number of carbonyl (C=O) groups is 2. The van der Waals surface area contributed by atoms with E-state index in [4.69, 9.17) is 35.3 Å². The minimum absolute atomic E-state index is 0.347. The number of hydrogen-bond donors (Lipinski definition) is 0. The van der Waals surface area contributed by atoms with Crippen LogP contribution >= 0.6 is 11.6 Å². The predicted molar refractivity (Wildman–Crippen MR) is 175 cm³/mol. The van der Waals surface area contributed by atoms with Gasteiger partial charge >= 0.3 is 11.9 Å². The van der Waals surface area contributed by atoms with Gasteiger partial charge < -0.3 is 23.7 Å². The largest absolute Gasteiger partial charge is 0.497 e. The average Bonchev–Trinajstić information content (AvgIpc) is 3.62. The molecule has 2 aliphatic heterocycles. The van der Waals surface area contributed by atoms with Gasteiger partial charge in [0.15, 0.2) is 0 Å². The Morgan fingerprint density at radius 2 is 1.16 bits per heavy atom. The number of hydrogen-bond acceptors (Lipinski definition) is 7. The molecule has 2 aliphatic rings. The summed E-state index contributed by atoms with van der Waals surface area (Å²) in [4.78, 5) is 24.1. The molecule has 0 unspecified atom stereocenters. The molecule has 0 spiro atoms. The topological polar surface area (TPSA) is 80.3 Å². The number of rotatable bonds is 7. The van der Waals surface area contributed by atoms with Crippen LogP contribution in [-0.2, 0) is 19.1 Å². The first-order valence-corrected chi connectivity index (χ1v) is 14.2. The maximum Gasteiger partial charge on any atom is 0.343 e. The second kappa shape index (κ2) is 14.3. The number of cyclic esters (lactones) is 2. The predicted octanol–water partition coefficient (Wildman–Crippen LogP) is 8.02. The summed E-state index contributed by atoms with van der Waals surface area (Å²) in [6, 6.07) is 29.7. The zero-order chi connectivity index (χ0) is 31.8. The molecule has 45 heavy (non-hydrogen) atoms. The van der Waals surface area contributed by atoms with Crippen LogP contribution in [-0.4, -0.2) is 33.3 Å². The molecule has 0 N–H and O–H groups in total. The summed E-state index contributed by atoms with van der Waals surface area (Å²) in [5.74, 6) is 2.09. The van der Waals surface area contributed by atoms with Crippen molar-refractivity contribution in [2.75, 3.05) is 21.3 Å². The Morgan fingerprint density at radius 3 is 1.80 bits per heavy atom. The van der Waals surface area contributed by atoms with Gasteiger partial charge in [-0.3, -0.25) is 0 Å². The summed E-state index contributed by atoms with van der Waals surface area (Å²) in [6.07, 6.45) is 6.96. The fraction of sp³-hybridized carbons (Fsp3) is 0.0811. The van der Waals surface area contributed by atoms with Crippen molar-refractivity contribution in [3.8, 4) is 17.2 Å². The maximum atomic E-state index is 12.2. The average molecular weight is 621 g/mol. The van der Waals surface area contributed by atoms with Gasteiger partial charge in [0.1, 0.15) is 28.8 Å². The highest BCUT2D eigenvalue weighted by Gasteiger charge is 2.25. The Hall–Kier alpha value is -5.53. The summed E-state index contributed by atoms with van der Waals surface area (Å²) >= 11 is 5.97. The molecular weight excluding hydrogens is 592 g/mol. The Bertz CT molecular complexity index is 1850. The van der Waals surface area contributed by atoms with Crippen LogP contribution in [0.4, 0.5) is 0 Å². The van der Waals surface area contributed by atoms with Gasteiger partial charge in [0, 0.05) is 5.02 Å². The third-order valence-corrected chi connectivity index (χ3v) is 7.02. The van der Waals surface area contributed by atoms with Crippen molar-refractivity contribution in [3.63, 3.8) is 0 Å². The van der Waals surface area contributed by atoms with Crippen LogP contribution < -0.4 is 14.2 Å². The molecule has 0 bridgehead atoms. The lowest BCUT2D eigenvalue weighted by Crippen LogP contribution is -1.98. The van der Waals surface area contributed by atoms with Gasteiger partial charge in [-0.25, -0.2) is 9.59 Å². The minimum atomic E-state index is -0.421. The van der Waals surface area contributed by atoms with E-state index < -0.39 is 5.97 Å². The van der Waals surface area contributed by atoms with Crippen molar-refractivity contribution in [3.05, 3.63) is 148 Å². The first-order valence-electron chi connectivity index (χ1n) is 13.9. The fourth-order valence-electron chi connectivity index (χ4n) is 4.60. The normalized spacial score (nSPS) is 15.5. The van der Waals surface area contributed by atoms with E-state index in [9.17, 15) is 9.59 Å². The summed E-state index contributed by atoms with van der Waals surface area (Å²) < 4.78 is 26.6. The number of halogens is 1. The lowest BCUT2D eigenvalue weighted by molar-refractivity contribution is -0.131. The van der Waals surface area contributed by atoms with Crippen molar-refractivity contribution >= 4 is 47.2 Å². The Balaban J connectivity index is 0.000000179. The van der Waals surface area contributed by atoms with Crippen molar-refractivity contribution < 1.29 is 33.3 Å². The van der Waals surface area contributed by atoms with E-state index in [1.165, 1.54) is 0 Å². The molecule has 7 nitrogen and oxygen atoms in total. The Kier molecular flexibility index (Phi) is 9.82. The molecule has 0 saturated heterocycles. The molecule has 4 aromatic rings.